The van der Waals surface area contributed by atoms with E-state index < -0.39 is 5.79 Å². The van der Waals surface area contributed by atoms with Gasteiger partial charge in [-0.15, -0.1) is 0 Å². The molecule has 24 heavy (non-hydrogen) atoms. The predicted octanol–water partition coefficient (Wildman–Crippen LogP) is 5.30. The molecular weight excluding hydrogens is 300 g/mol. The topological polar surface area (TPSA) is 27.7 Å². The van der Waals surface area contributed by atoms with Gasteiger partial charge in [-0.25, -0.2) is 0 Å². The molecule has 1 unspecified atom stereocenters. The average molecular weight is 320 g/mol. The van der Waals surface area contributed by atoms with Crippen molar-refractivity contribution < 1.29 is 14.2 Å². The van der Waals surface area contributed by atoms with E-state index in [0.717, 1.165) is 48.7 Å². The highest BCUT2D eigenvalue weighted by atomic mass is 16.7. The van der Waals surface area contributed by atoms with Gasteiger partial charge in [-0.2, -0.15) is 0 Å². The summed E-state index contributed by atoms with van der Waals surface area (Å²) in [6.07, 6.45) is 9.20. The number of hydrogen-bond donors (Lipinski definition) is 0. The Bertz CT molecular complexity index is 756. The maximum absolute atomic E-state index is 6.04. The summed E-state index contributed by atoms with van der Waals surface area (Å²) in [6, 6.07) is 17.8. The summed E-state index contributed by atoms with van der Waals surface area (Å²) >= 11 is 0. The van der Waals surface area contributed by atoms with Crippen LogP contribution in [0.4, 0.5) is 0 Å². The molecule has 122 valence electrons. The Morgan fingerprint density at radius 3 is 2.67 bits per heavy atom. The van der Waals surface area contributed by atoms with Crippen LogP contribution < -0.4 is 4.74 Å². The van der Waals surface area contributed by atoms with Gasteiger partial charge in [-0.1, -0.05) is 30.3 Å². The summed E-state index contributed by atoms with van der Waals surface area (Å²) in [5.74, 6) is 1.92. The molecule has 2 aliphatic heterocycles. The molecule has 0 aliphatic carbocycles. The second kappa shape index (κ2) is 6.54. The maximum atomic E-state index is 6.04. The molecule has 0 amide bonds. The van der Waals surface area contributed by atoms with Crippen molar-refractivity contribution >= 4 is 6.08 Å². The second-order valence-corrected chi connectivity index (χ2v) is 6.09. The van der Waals surface area contributed by atoms with Crippen LogP contribution in [0.1, 0.15) is 24.8 Å². The van der Waals surface area contributed by atoms with Crippen molar-refractivity contribution in [1.29, 1.82) is 0 Å². The van der Waals surface area contributed by atoms with Gasteiger partial charge in [0.15, 0.2) is 0 Å². The largest absolute Gasteiger partial charge is 0.459 e. The quantitative estimate of drug-likeness (QED) is 0.767. The first-order valence-electron chi connectivity index (χ1n) is 8.38. The van der Waals surface area contributed by atoms with Crippen LogP contribution in [0.25, 0.3) is 6.08 Å². The van der Waals surface area contributed by atoms with Gasteiger partial charge in [0.1, 0.15) is 17.3 Å². The van der Waals surface area contributed by atoms with E-state index in [4.69, 9.17) is 14.2 Å². The number of rotatable bonds is 3. The zero-order chi connectivity index (χ0) is 16.2. The molecule has 0 radical (unpaired) electrons. The first-order valence-corrected chi connectivity index (χ1v) is 8.38. The number of ether oxygens (including phenoxy) is 3. The fourth-order valence-electron chi connectivity index (χ4n) is 3.01. The van der Waals surface area contributed by atoms with Crippen LogP contribution in [-0.4, -0.2) is 12.4 Å². The van der Waals surface area contributed by atoms with Crippen LogP contribution in [0.2, 0.25) is 0 Å². The molecule has 0 bridgehead atoms. The maximum Gasteiger partial charge on any atom is 0.230 e. The Morgan fingerprint density at radius 2 is 1.83 bits per heavy atom. The van der Waals surface area contributed by atoms with E-state index >= 15 is 0 Å². The molecule has 1 spiro atoms. The molecule has 2 heterocycles. The molecule has 2 aliphatic rings. The van der Waals surface area contributed by atoms with Crippen LogP contribution >= 0.6 is 0 Å². The van der Waals surface area contributed by atoms with E-state index in [9.17, 15) is 0 Å². The van der Waals surface area contributed by atoms with Crippen molar-refractivity contribution in [3.05, 3.63) is 78.1 Å². The minimum absolute atomic E-state index is 0.539. The zero-order valence-electron chi connectivity index (χ0n) is 13.5. The third-order valence-corrected chi connectivity index (χ3v) is 4.20. The van der Waals surface area contributed by atoms with Gasteiger partial charge in [0, 0.05) is 6.42 Å². The number of benzene rings is 2. The number of hydrogen-bond acceptors (Lipinski definition) is 3. The van der Waals surface area contributed by atoms with E-state index in [2.05, 4.69) is 0 Å². The lowest BCUT2D eigenvalue weighted by molar-refractivity contribution is -0.191. The van der Waals surface area contributed by atoms with Crippen LogP contribution in [0.3, 0.4) is 0 Å². The van der Waals surface area contributed by atoms with Crippen molar-refractivity contribution in [1.82, 2.24) is 0 Å². The van der Waals surface area contributed by atoms with Crippen LogP contribution in [-0.2, 0) is 9.47 Å². The van der Waals surface area contributed by atoms with Gasteiger partial charge in [0.2, 0.25) is 5.79 Å². The lowest BCUT2D eigenvalue weighted by Gasteiger charge is -2.31. The molecule has 0 N–H and O–H groups in total. The van der Waals surface area contributed by atoms with Gasteiger partial charge >= 0.3 is 0 Å². The molecule has 3 heteroatoms. The molecule has 2 aromatic carbocycles. The average Bonchev–Trinajstić information content (AvgIpc) is 2.99. The minimum atomic E-state index is -0.539. The summed E-state index contributed by atoms with van der Waals surface area (Å²) in [4.78, 5) is 0. The smallest absolute Gasteiger partial charge is 0.230 e. The molecule has 4 rings (SSSR count). The molecule has 3 nitrogen and oxygen atoms in total. The first-order chi connectivity index (χ1) is 11.8. The molecular formula is C21H20O3. The fraction of sp³-hybridized carbons (Fsp3) is 0.238. The number of para-hydroxylation sites is 1. The third kappa shape index (κ3) is 3.36. The Morgan fingerprint density at radius 1 is 0.958 bits per heavy atom. The van der Waals surface area contributed by atoms with Gasteiger partial charge in [0.05, 0.1) is 6.61 Å². The van der Waals surface area contributed by atoms with Crippen LogP contribution in [0.5, 0.6) is 11.5 Å². The third-order valence-electron chi connectivity index (χ3n) is 4.20. The molecule has 0 saturated carbocycles. The summed E-state index contributed by atoms with van der Waals surface area (Å²) in [5, 5.41) is 0. The Kier molecular flexibility index (Phi) is 4.09. The van der Waals surface area contributed by atoms with Crippen molar-refractivity contribution in [3.63, 3.8) is 0 Å². The van der Waals surface area contributed by atoms with E-state index in [-0.39, 0.29) is 0 Å². The summed E-state index contributed by atoms with van der Waals surface area (Å²) < 4.78 is 17.7. The Balaban J connectivity index is 1.49. The molecule has 1 atom stereocenters. The molecule has 1 fully saturated rings. The fourth-order valence-corrected chi connectivity index (χ4v) is 3.01. The highest BCUT2D eigenvalue weighted by molar-refractivity contribution is 5.57. The first kappa shape index (κ1) is 15.0. The van der Waals surface area contributed by atoms with Gasteiger partial charge in [0.25, 0.3) is 0 Å². The van der Waals surface area contributed by atoms with Crippen LogP contribution in [0, 0.1) is 0 Å². The SMILES string of the molecule is C1=CC2(CCCCO2)O/C1=C\c1cccc(Oc2ccccc2)c1. The lowest BCUT2D eigenvalue weighted by atomic mass is 10.1. The highest BCUT2D eigenvalue weighted by Crippen LogP contribution is 2.36. The van der Waals surface area contributed by atoms with E-state index in [0.29, 0.717) is 0 Å². The molecule has 2 aromatic rings. The molecule has 0 aromatic heterocycles. The monoisotopic (exact) mass is 320 g/mol. The van der Waals surface area contributed by atoms with E-state index in [1.165, 1.54) is 0 Å². The molecule has 1 saturated heterocycles. The highest BCUT2D eigenvalue weighted by Gasteiger charge is 2.36. The standard InChI is InChI=1S/C21H20O3/c1-2-8-18(9-3-1)23-19-10-6-7-17(15-19)16-20-11-13-21(24-20)12-4-5-14-22-21/h1-3,6-11,13,15-16H,4-5,12,14H2/b20-16-. The van der Waals surface area contributed by atoms with Gasteiger partial charge in [-0.05, 0) is 60.9 Å². The summed E-state index contributed by atoms with van der Waals surface area (Å²) in [5.41, 5.74) is 1.04. The lowest BCUT2D eigenvalue weighted by Crippen LogP contribution is -2.34. The van der Waals surface area contributed by atoms with Gasteiger partial charge < -0.3 is 14.2 Å². The van der Waals surface area contributed by atoms with E-state index in [1.54, 1.807) is 0 Å². The Hall–Kier alpha value is -2.52. The normalized spacial score (nSPS) is 24.2. The van der Waals surface area contributed by atoms with Crippen LogP contribution in [0.15, 0.2) is 72.5 Å². The predicted molar refractivity (Wildman–Crippen MR) is 93.7 cm³/mol. The second-order valence-electron chi connectivity index (χ2n) is 6.09. The van der Waals surface area contributed by atoms with Gasteiger partial charge in [-0.3, -0.25) is 0 Å². The van der Waals surface area contributed by atoms with Crippen molar-refractivity contribution in [2.24, 2.45) is 0 Å². The summed E-state index contributed by atoms with van der Waals surface area (Å²) in [6.45, 7) is 0.762. The van der Waals surface area contributed by atoms with Crippen molar-refractivity contribution in [3.8, 4) is 11.5 Å². The summed E-state index contributed by atoms with van der Waals surface area (Å²) in [7, 11) is 0. The van der Waals surface area contributed by atoms with E-state index in [1.807, 2.05) is 72.8 Å². The zero-order valence-corrected chi connectivity index (χ0v) is 13.5. The van der Waals surface area contributed by atoms with Crippen molar-refractivity contribution in [2.45, 2.75) is 25.0 Å². The minimum Gasteiger partial charge on any atom is -0.459 e. The Labute approximate surface area is 142 Å². The van der Waals surface area contributed by atoms with Crippen molar-refractivity contribution in [2.75, 3.05) is 6.61 Å². The number of allylic oxidation sites excluding steroid dienone is 1.